The summed E-state index contributed by atoms with van der Waals surface area (Å²) in [7, 11) is 0. The summed E-state index contributed by atoms with van der Waals surface area (Å²) in [5.41, 5.74) is 0. The average molecular weight is 362 g/mol. The Balaban J connectivity index is 1.94. The van der Waals surface area contributed by atoms with E-state index < -0.39 is 18.8 Å². The number of carbonyl (C=O) groups is 1. The highest BCUT2D eigenvalue weighted by Gasteiger charge is 2.38. The molecular formula is C15H21F3N4O3. The molecule has 2 heterocycles. The maximum atomic E-state index is 12.4. The number of hydrogen-bond donors (Lipinski definition) is 2. The molecule has 1 aromatic heterocycles. The molecule has 1 unspecified atom stereocenters. The number of carbonyl (C=O) groups excluding carboxylic acids is 1. The van der Waals surface area contributed by atoms with Crippen LogP contribution in [0.4, 0.5) is 13.2 Å². The quantitative estimate of drug-likeness (QED) is 0.615. The van der Waals surface area contributed by atoms with Gasteiger partial charge in [-0.25, -0.2) is 0 Å². The summed E-state index contributed by atoms with van der Waals surface area (Å²) in [5, 5.41) is 12.0. The summed E-state index contributed by atoms with van der Waals surface area (Å²) in [4.78, 5) is 19.4. The van der Waals surface area contributed by atoms with Gasteiger partial charge < -0.3 is 24.6 Å². The smallest absolute Gasteiger partial charge is 0.416 e. The zero-order valence-electron chi connectivity index (χ0n) is 13.8. The van der Waals surface area contributed by atoms with Crippen LogP contribution in [0.1, 0.15) is 17.5 Å². The van der Waals surface area contributed by atoms with E-state index >= 15 is 0 Å². The molecule has 1 atom stereocenters. The molecule has 1 fully saturated rings. The number of aliphatic hydroxyl groups is 1. The number of alkyl halides is 3. The molecule has 1 aromatic rings. The number of nitrogens with zero attached hydrogens (tertiary/aromatic N) is 3. The van der Waals surface area contributed by atoms with E-state index in [1.54, 1.807) is 28.9 Å². The van der Waals surface area contributed by atoms with Crippen molar-refractivity contribution in [1.82, 2.24) is 15.1 Å². The van der Waals surface area contributed by atoms with E-state index in [0.717, 1.165) is 0 Å². The van der Waals surface area contributed by atoms with Gasteiger partial charge in [0.2, 0.25) is 0 Å². The standard InChI is InChI=1S/C15H21F3N4O3/c1-2-19-14(20-10-12(23)15(16,17)18)22-7-5-21(6-8-22)13(24)11-4-3-9-25-11/h3-4,9,12,23H,2,5-8,10H2,1H3,(H,19,20). The van der Waals surface area contributed by atoms with E-state index in [1.807, 2.05) is 0 Å². The van der Waals surface area contributed by atoms with E-state index in [1.165, 1.54) is 6.26 Å². The molecular weight excluding hydrogens is 341 g/mol. The molecule has 2 rings (SSSR count). The predicted molar refractivity (Wildman–Crippen MR) is 84.2 cm³/mol. The van der Waals surface area contributed by atoms with Crippen molar-refractivity contribution >= 4 is 11.9 Å². The first-order valence-corrected chi connectivity index (χ1v) is 7.93. The number of aliphatic hydroxyl groups excluding tert-OH is 1. The highest BCUT2D eigenvalue weighted by atomic mass is 19.4. The van der Waals surface area contributed by atoms with Crippen LogP contribution in [0.5, 0.6) is 0 Å². The number of amides is 1. The second kappa shape index (κ2) is 8.24. The van der Waals surface area contributed by atoms with Crippen LogP contribution in [0.15, 0.2) is 27.8 Å². The van der Waals surface area contributed by atoms with E-state index in [2.05, 4.69) is 10.3 Å². The second-order valence-electron chi connectivity index (χ2n) is 5.51. The lowest BCUT2D eigenvalue weighted by Gasteiger charge is -2.36. The number of furan rings is 1. The Bertz CT molecular complexity index is 581. The minimum atomic E-state index is -4.70. The van der Waals surface area contributed by atoms with Crippen molar-refractivity contribution in [2.45, 2.75) is 19.2 Å². The zero-order chi connectivity index (χ0) is 18.4. The van der Waals surface area contributed by atoms with E-state index in [0.29, 0.717) is 32.7 Å². The van der Waals surface area contributed by atoms with Crippen LogP contribution >= 0.6 is 0 Å². The van der Waals surface area contributed by atoms with Crippen LogP contribution in [0, 0.1) is 0 Å². The van der Waals surface area contributed by atoms with Crippen LogP contribution in [-0.4, -0.2) is 78.3 Å². The van der Waals surface area contributed by atoms with Crippen LogP contribution in [0.25, 0.3) is 0 Å². The van der Waals surface area contributed by atoms with Crippen molar-refractivity contribution in [3.05, 3.63) is 24.2 Å². The Labute approximate surface area is 143 Å². The summed E-state index contributed by atoms with van der Waals surface area (Å²) in [5.74, 6) is 0.317. The first-order valence-electron chi connectivity index (χ1n) is 7.93. The topological polar surface area (TPSA) is 81.3 Å². The fraction of sp³-hybridized carbons (Fsp3) is 0.600. The number of nitrogens with one attached hydrogen (secondary N) is 1. The summed E-state index contributed by atoms with van der Waals surface area (Å²) in [6.07, 6.45) is -5.77. The van der Waals surface area contributed by atoms with E-state index in [-0.39, 0.29) is 17.6 Å². The average Bonchev–Trinajstić information content (AvgIpc) is 3.11. The molecule has 1 saturated heterocycles. The minimum Gasteiger partial charge on any atom is -0.459 e. The second-order valence-corrected chi connectivity index (χ2v) is 5.51. The van der Waals surface area contributed by atoms with Gasteiger partial charge in [0, 0.05) is 32.7 Å². The predicted octanol–water partition coefficient (Wildman–Crippen LogP) is 0.926. The normalized spacial score (nSPS) is 17.6. The molecule has 1 amide bonds. The summed E-state index contributed by atoms with van der Waals surface area (Å²) in [6.45, 7) is 3.13. The van der Waals surface area contributed by atoms with Gasteiger partial charge in [0.25, 0.3) is 5.91 Å². The fourth-order valence-corrected chi connectivity index (χ4v) is 2.38. The van der Waals surface area contributed by atoms with Crippen LogP contribution in [-0.2, 0) is 0 Å². The van der Waals surface area contributed by atoms with Gasteiger partial charge in [0.05, 0.1) is 12.8 Å². The Morgan fingerprint density at radius 2 is 2.00 bits per heavy atom. The van der Waals surface area contributed by atoms with Gasteiger partial charge in [-0.2, -0.15) is 13.2 Å². The number of rotatable bonds is 4. The molecule has 25 heavy (non-hydrogen) atoms. The van der Waals surface area contributed by atoms with E-state index in [9.17, 15) is 18.0 Å². The molecule has 10 heteroatoms. The van der Waals surface area contributed by atoms with Gasteiger partial charge in [-0.15, -0.1) is 0 Å². The third kappa shape index (κ3) is 5.12. The molecule has 0 saturated carbocycles. The summed E-state index contributed by atoms with van der Waals surface area (Å²) in [6, 6.07) is 3.21. The van der Waals surface area contributed by atoms with Crippen molar-refractivity contribution < 1.29 is 27.5 Å². The summed E-state index contributed by atoms with van der Waals surface area (Å²) >= 11 is 0. The van der Waals surface area contributed by atoms with Crippen LogP contribution in [0.2, 0.25) is 0 Å². The molecule has 0 aromatic carbocycles. The highest BCUT2D eigenvalue weighted by Crippen LogP contribution is 2.20. The number of piperazine rings is 1. The minimum absolute atomic E-state index is 0.223. The van der Waals surface area contributed by atoms with Gasteiger partial charge in [0.15, 0.2) is 17.8 Å². The maximum Gasteiger partial charge on any atom is 0.416 e. The highest BCUT2D eigenvalue weighted by molar-refractivity contribution is 5.91. The van der Waals surface area contributed by atoms with Gasteiger partial charge in [-0.1, -0.05) is 0 Å². The molecule has 0 radical (unpaired) electrons. The molecule has 1 aliphatic rings. The van der Waals surface area contributed by atoms with Crippen molar-refractivity contribution in [3.63, 3.8) is 0 Å². The number of halogens is 3. The number of guanidine groups is 1. The monoisotopic (exact) mass is 362 g/mol. The first kappa shape index (κ1) is 19.1. The number of hydrogen-bond acceptors (Lipinski definition) is 4. The number of aliphatic imine (C=N–C) groups is 1. The Morgan fingerprint density at radius 3 is 2.52 bits per heavy atom. The Morgan fingerprint density at radius 1 is 1.36 bits per heavy atom. The van der Waals surface area contributed by atoms with Crippen molar-refractivity contribution in [3.8, 4) is 0 Å². The largest absolute Gasteiger partial charge is 0.459 e. The fourth-order valence-electron chi connectivity index (χ4n) is 2.38. The molecule has 1 aliphatic heterocycles. The Kier molecular flexibility index (Phi) is 6.29. The third-order valence-corrected chi connectivity index (χ3v) is 3.73. The molecule has 0 aliphatic carbocycles. The lowest BCUT2D eigenvalue weighted by molar-refractivity contribution is -0.199. The van der Waals surface area contributed by atoms with Gasteiger partial charge in [-0.3, -0.25) is 9.79 Å². The van der Waals surface area contributed by atoms with Crippen LogP contribution in [0.3, 0.4) is 0 Å². The SMILES string of the molecule is CCNC(=NCC(O)C(F)(F)F)N1CCN(C(=O)c2ccco2)CC1. The third-order valence-electron chi connectivity index (χ3n) is 3.73. The molecule has 0 spiro atoms. The Hall–Kier alpha value is -2.23. The lowest BCUT2D eigenvalue weighted by Crippen LogP contribution is -2.54. The maximum absolute atomic E-state index is 12.4. The van der Waals surface area contributed by atoms with E-state index in [4.69, 9.17) is 9.52 Å². The van der Waals surface area contributed by atoms with Crippen LogP contribution < -0.4 is 5.32 Å². The molecule has 7 nitrogen and oxygen atoms in total. The van der Waals surface area contributed by atoms with Gasteiger partial charge in [-0.05, 0) is 19.1 Å². The first-order chi connectivity index (χ1) is 11.8. The van der Waals surface area contributed by atoms with Crippen molar-refractivity contribution in [2.24, 2.45) is 4.99 Å². The molecule has 2 N–H and O–H groups in total. The molecule has 140 valence electrons. The summed E-state index contributed by atoms with van der Waals surface area (Å²) < 4.78 is 42.3. The zero-order valence-corrected chi connectivity index (χ0v) is 13.8. The van der Waals surface area contributed by atoms with Gasteiger partial charge >= 0.3 is 6.18 Å². The van der Waals surface area contributed by atoms with Crippen molar-refractivity contribution in [2.75, 3.05) is 39.3 Å². The van der Waals surface area contributed by atoms with Gasteiger partial charge in [0.1, 0.15) is 0 Å². The van der Waals surface area contributed by atoms with Crippen molar-refractivity contribution in [1.29, 1.82) is 0 Å². The molecule has 0 bridgehead atoms. The lowest BCUT2D eigenvalue weighted by atomic mass is 10.3.